The zero-order valence-corrected chi connectivity index (χ0v) is 13.4. The third kappa shape index (κ3) is 3.22. The van der Waals surface area contributed by atoms with Crippen molar-refractivity contribution in [1.29, 1.82) is 0 Å². The van der Waals surface area contributed by atoms with Crippen LogP contribution in [-0.4, -0.2) is 31.1 Å². The molecule has 116 valence electrons. The molecule has 2 nitrogen and oxygen atoms in total. The van der Waals surface area contributed by atoms with Gasteiger partial charge in [-0.15, -0.1) is 0 Å². The Morgan fingerprint density at radius 2 is 1.85 bits per heavy atom. The van der Waals surface area contributed by atoms with Crippen LogP contribution >= 0.6 is 0 Å². The van der Waals surface area contributed by atoms with E-state index >= 15 is 0 Å². The molecule has 0 spiro atoms. The van der Waals surface area contributed by atoms with Crippen molar-refractivity contribution in [1.82, 2.24) is 4.90 Å². The summed E-state index contributed by atoms with van der Waals surface area (Å²) < 4.78 is 0. The number of rotatable bonds is 3. The predicted molar refractivity (Wildman–Crippen MR) is 85.6 cm³/mol. The van der Waals surface area contributed by atoms with E-state index in [1.54, 1.807) is 0 Å². The van der Waals surface area contributed by atoms with E-state index in [1.807, 2.05) is 0 Å². The van der Waals surface area contributed by atoms with Crippen LogP contribution in [0, 0.1) is 23.2 Å². The number of piperidine rings is 1. The van der Waals surface area contributed by atoms with Crippen LogP contribution < -0.4 is 5.73 Å². The lowest BCUT2D eigenvalue weighted by Crippen LogP contribution is -2.50. The Balaban J connectivity index is 1.59. The number of likely N-dealkylation sites (tertiary alicyclic amines) is 1. The molecule has 2 N–H and O–H groups in total. The molecule has 2 aliphatic carbocycles. The highest BCUT2D eigenvalue weighted by atomic mass is 15.1. The highest BCUT2D eigenvalue weighted by Crippen LogP contribution is 2.41. The van der Waals surface area contributed by atoms with Crippen molar-refractivity contribution < 1.29 is 0 Å². The Bertz CT molecular complexity index is 317. The summed E-state index contributed by atoms with van der Waals surface area (Å²) in [6.45, 7) is 7.34. The normalized spacial score (nSPS) is 43.2. The van der Waals surface area contributed by atoms with Crippen LogP contribution in [0.3, 0.4) is 0 Å². The molecule has 0 aromatic carbocycles. The SMILES string of the molecule is CC1CCCC(CN)(CN2CCC3CCCCC3C2)C1. The fourth-order valence-corrected chi connectivity index (χ4v) is 5.46. The van der Waals surface area contributed by atoms with Crippen molar-refractivity contribution in [3.05, 3.63) is 0 Å². The first-order valence-electron chi connectivity index (χ1n) is 9.13. The van der Waals surface area contributed by atoms with E-state index in [9.17, 15) is 0 Å². The number of nitrogens with two attached hydrogens (primary N) is 1. The maximum atomic E-state index is 6.22. The highest BCUT2D eigenvalue weighted by molar-refractivity contribution is 4.92. The standard InChI is InChI=1S/C18H34N2/c1-15-5-4-9-18(11-15,13-19)14-20-10-8-16-6-2-3-7-17(16)12-20/h15-17H,2-14,19H2,1H3. The van der Waals surface area contributed by atoms with Crippen molar-refractivity contribution in [2.45, 2.75) is 64.7 Å². The molecule has 4 atom stereocenters. The van der Waals surface area contributed by atoms with Crippen molar-refractivity contribution >= 4 is 0 Å². The second-order valence-corrected chi connectivity index (χ2v) is 8.23. The number of hydrogen-bond acceptors (Lipinski definition) is 2. The molecule has 3 aliphatic rings. The van der Waals surface area contributed by atoms with Gasteiger partial charge in [-0.3, -0.25) is 0 Å². The molecule has 1 aliphatic heterocycles. The van der Waals surface area contributed by atoms with Gasteiger partial charge in [0.1, 0.15) is 0 Å². The molecule has 0 radical (unpaired) electrons. The quantitative estimate of drug-likeness (QED) is 0.854. The van der Waals surface area contributed by atoms with E-state index in [4.69, 9.17) is 5.73 Å². The fourth-order valence-electron chi connectivity index (χ4n) is 5.46. The highest BCUT2D eigenvalue weighted by Gasteiger charge is 2.38. The summed E-state index contributed by atoms with van der Waals surface area (Å²) in [6.07, 6.45) is 13.0. The summed E-state index contributed by atoms with van der Waals surface area (Å²) in [4.78, 5) is 2.79. The van der Waals surface area contributed by atoms with Crippen LogP contribution in [0.4, 0.5) is 0 Å². The average Bonchev–Trinajstić information content (AvgIpc) is 2.47. The zero-order valence-electron chi connectivity index (χ0n) is 13.4. The zero-order chi connectivity index (χ0) is 14.0. The summed E-state index contributed by atoms with van der Waals surface area (Å²) >= 11 is 0. The lowest BCUT2D eigenvalue weighted by atomic mass is 9.69. The summed E-state index contributed by atoms with van der Waals surface area (Å²) in [5.41, 5.74) is 6.67. The van der Waals surface area contributed by atoms with Gasteiger partial charge in [-0.1, -0.05) is 39.0 Å². The predicted octanol–water partition coefficient (Wildman–Crippen LogP) is 3.65. The molecule has 0 aromatic heterocycles. The van der Waals surface area contributed by atoms with E-state index in [0.717, 1.165) is 24.3 Å². The summed E-state index contributed by atoms with van der Waals surface area (Å²) in [6, 6.07) is 0. The smallest absolute Gasteiger partial charge is 0.00503 e. The first-order chi connectivity index (χ1) is 9.71. The lowest BCUT2D eigenvalue weighted by molar-refractivity contribution is 0.0314. The molecule has 2 saturated carbocycles. The molecule has 2 heteroatoms. The summed E-state index contributed by atoms with van der Waals surface area (Å²) in [5, 5.41) is 0. The summed E-state index contributed by atoms with van der Waals surface area (Å²) in [5.74, 6) is 2.95. The van der Waals surface area contributed by atoms with Crippen molar-refractivity contribution in [3.8, 4) is 0 Å². The Hall–Kier alpha value is -0.0800. The summed E-state index contributed by atoms with van der Waals surface area (Å²) in [7, 11) is 0. The molecule has 4 unspecified atom stereocenters. The van der Waals surface area contributed by atoms with Crippen molar-refractivity contribution in [3.63, 3.8) is 0 Å². The van der Waals surface area contributed by atoms with Crippen LogP contribution in [0.15, 0.2) is 0 Å². The monoisotopic (exact) mass is 278 g/mol. The van der Waals surface area contributed by atoms with E-state index in [1.165, 1.54) is 77.4 Å². The van der Waals surface area contributed by atoms with Gasteiger partial charge in [0.25, 0.3) is 0 Å². The minimum atomic E-state index is 0.444. The van der Waals surface area contributed by atoms with E-state index < -0.39 is 0 Å². The first-order valence-corrected chi connectivity index (χ1v) is 9.13. The largest absolute Gasteiger partial charge is 0.330 e. The molecule has 20 heavy (non-hydrogen) atoms. The number of hydrogen-bond donors (Lipinski definition) is 1. The third-order valence-corrected chi connectivity index (χ3v) is 6.55. The van der Waals surface area contributed by atoms with E-state index in [-0.39, 0.29) is 0 Å². The Kier molecular flexibility index (Phi) is 4.72. The van der Waals surface area contributed by atoms with Gasteiger partial charge < -0.3 is 10.6 Å². The number of nitrogens with zero attached hydrogens (tertiary/aromatic N) is 1. The van der Waals surface area contributed by atoms with Gasteiger partial charge in [-0.25, -0.2) is 0 Å². The second-order valence-electron chi connectivity index (χ2n) is 8.23. The van der Waals surface area contributed by atoms with Gasteiger partial charge >= 0.3 is 0 Å². The van der Waals surface area contributed by atoms with Crippen LogP contribution in [0.5, 0.6) is 0 Å². The van der Waals surface area contributed by atoms with E-state index in [2.05, 4.69) is 11.8 Å². The molecule has 1 heterocycles. The van der Waals surface area contributed by atoms with Crippen LogP contribution in [-0.2, 0) is 0 Å². The maximum Gasteiger partial charge on any atom is 0.00503 e. The Labute approximate surface area is 125 Å². The molecular weight excluding hydrogens is 244 g/mol. The lowest BCUT2D eigenvalue weighted by Gasteiger charge is -2.47. The van der Waals surface area contributed by atoms with Gasteiger partial charge in [-0.2, -0.15) is 0 Å². The van der Waals surface area contributed by atoms with Gasteiger partial charge in [0, 0.05) is 13.1 Å². The van der Waals surface area contributed by atoms with Gasteiger partial charge in [-0.05, 0) is 61.9 Å². The second kappa shape index (κ2) is 6.36. The van der Waals surface area contributed by atoms with Crippen LogP contribution in [0.25, 0.3) is 0 Å². The molecule has 0 bridgehead atoms. The minimum absolute atomic E-state index is 0.444. The molecule has 1 saturated heterocycles. The topological polar surface area (TPSA) is 29.3 Å². The van der Waals surface area contributed by atoms with Crippen LogP contribution in [0.1, 0.15) is 64.7 Å². The third-order valence-electron chi connectivity index (χ3n) is 6.55. The molecule has 0 amide bonds. The molecule has 3 rings (SSSR count). The first kappa shape index (κ1) is 14.8. The van der Waals surface area contributed by atoms with Gasteiger partial charge in [0.05, 0.1) is 0 Å². The Morgan fingerprint density at radius 1 is 1.05 bits per heavy atom. The minimum Gasteiger partial charge on any atom is -0.330 e. The number of fused-ring (bicyclic) bond motifs is 1. The van der Waals surface area contributed by atoms with Gasteiger partial charge in [0.15, 0.2) is 0 Å². The van der Waals surface area contributed by atoms with E-state index in [0.29, 0.717) is 5.41 Å². The van der Waals surface area contributed by atoms with Crippen molar-refractivity contribution in [2.75, 3.05) is 26.2 Å². The average molecular weight is 278 g/mol. The van der Waals surface area contributed by atoms with Crippen LogP contribution in [0.2, 0.25) is 0 Å². The van der Waals surface area contributed by atoms with Gasteiger partial charge in [0.2, 0.25) is 0 Å². The molecule has 0 aromatic rings. The Morgan fingerprint density at radius 3 is 2.60 bits per heavy atom. The van der Waals surface area contributed by atoms with Crippen molar-refractivity contribution in [2.24, 2.45) is 28.9 Å². The maximum absolute atomic E-state index is 6.22. The molecular formula is C18H34N2. The fraction of sp³-hybridized carbons (Fsp3) is 1.00. The molecule has 3 fully saturated rings.